The van der Waals surface area contributed by atoms with Crippen molar-refractivity contribution in [3.05, 3.63) is 0 Å². The lowest BCUT2D eigenvalue weighted by Gasteiger charge is -2.20. The molecule has 1 unspecified atom stereocenters. The first-order chi connectivity index (χ1) is 7.97. The predicted octanol–water partition coefficient (Wildman–Crippen LogP) is 2.65. The Labute approximate surface area is 102 Å². The van der Waals surface area contributed by atoms with Gasteiger partial charge < -0.3 is 10.2 Å². The van der Waals surface area contributed by atoms with Gasteiger partial charge in [-0.1, -0.05) is 6.92 Å². The number of alkyl halides is 3. The summed E-state index contributed by atoms with van der Waals surface area (Å²) in [5.74, 6) is 0.513. The van der Waals surface area contributed by atoms with E-state index in [-0.39, 0.29) is 6.42 Å². The molecule has 1 aliphatic heterocycles. The molecule has 0 saturated carbocycles. The normalized spacial score (nSPS) is 19.8. The molecule has 0 aromatic carbocycles. The van der Waals surface area contributed by atoms with Crippen molar-refractivity contribution in [2.45, 2.75) is 38.8 Å². The van der Waals surface area contributed by atoms with Crippen LogP contribution in [-0.2, 0) is 0 Å². The van der Waals surface area contributed by atoms with Crippen LogP contribution in [0.25, 0.3) is 0 Å². The van der Waals surface area contributed by atoms with Crippen molar-refractivity contribution >= 4 is 0 Å². The van der Waals surface area contributed by atoms with E-state index >= 15 is 0 Å². The van der Waals surface area contributed by atoms with Crippen LogP contribution in [0.2, 0.25) is 0 Å². The lowest BCUT2D eigenvalue weighted by Crippen LogP contribution is -2.32. The molecule has 0 radical (unpaired) electrons. The summed E-state index contributed by atoms with van der Waals surface area (Å²) in [6, 6.07) is 0. The van der Waals surface area contributed by atoms with Crippen LogP contribution in [0, 0.1) is 5.92 Å². The molecular weight excluding hydrogens is 229 g/mol. The molecular formula is C12H23F3N2. The summed E-state index contributed by atoms with van der Waals surface area (Å²) in [5.41, 5.74) is 0. The van der Waals surface area contributed by atoms with Gasteiger partial charge in [-0.3, -0.25) is 0 Å². The Kier molecular flexibility index (Phi) is 6.27. The zero-order chi connectivity index (χ0) is 12.7. The minimum Gasteiger partial charge on any atom is -0.316 e. The average Bonchev–Trinajstić information content (AvgIpc) is 2.68. The first kappa shape index (κ1) is 14.8. The van der Waals surface area contributed by atoms with Crippen LogP contribution in [0.5, 0.6) is 0 Å². The molecule has 1 atom stereocenters. The number of nitrogens with zero attached hydrogens (tertiary/aromatic N) is 1. The van der Waals surface area contributed by atoms with Gasteiger partial charge in [0.2, 0.25) is 0 Å². The number of hydrogen-bond acceptors (Lipinski definition) is 2. The summed E-state index contributed by atoms with van der Waals surface area (Å²) < 4.78 is 35.6. The maximum atomic E-state index is 11.9. The molecule has 5 heteroatoms. The van der Waals surface area contributed by atoms with E-state index in [2.05, 4.69) is 17.1 Å². The zero-order valence-corrected chi connectivity index (χ0v) is 10.5. The van der Waals surface area contributed by atoms with Gasteiger partial charge in [-0.15, -0.1) is 0 Å². The topological polar surface area (TPSA) is 15.3 Å². The molecule has 1 rings (SSSR count). The smallest absolute Gasteiger partial charge is 0.316 e. The Hall–Kier alpha value is -0.290. The van der Waals surface area contributed by atoms with Gasteiger partial charge in [0.05, 0.1) is 0 Å². The maximum Gasteiger partial charge on any atom is 0.389 e. The van der Waals surface area contributed by atoms with Crippen molar-refractivity contribution in [3.8, 4) is 0 Å². The van der Waals surface area contributed by atoms with E-state index in [0.717, 1.165) is 13.1 Å². The van der Waals surface area contributed by atoms with Crippen LogP contribution in [0.3, 0.4) is 0 Å². The number of rotatable bonds is 7. The Balaban J connectivity index is 1.94. The van der Waals surface area contributed by atoms with Crippen molar-refractivity contribution < 1.29 is 13.2 Å². The minimum atomic E-state index is -4.01. The van der Waals surface area contributed by atoms with Gasteiger partial charge in [0, 0.05) is 13.0 Å². The van der Waals surface area contributed by atoms with Gasteiger partial charge in [0.15, 0.2) is 0 Å². The fraction of sp³-hybridized carbons (Fsp3) is 1.00. The fourth-order valence-corrected chi connectivity index (χ4v) is 2.23. The van der Waals surface area contributed by atoms with Crippen molar-refractivity contribution in [3.63, 3.8) is 0 Å². The monoisotopic (exact) mass is 252 g/mol. The summed E-state index contributed by atoms with van der Waals surface area (Å²) in [4.78, 5) is 2.43. The predicted molar refractivity (Wildman–Crippen MR) is 63.0 cm³/mol. The average molecular weight is 252 g/mol. The van der Waals surface area contributed by atoms with Gasteiger partial charge in [-0.25, -0.2) is 0 Å². The number of likely N-dealkylation sites (tertiary alicyclic amines) is 1. The summed E-state index contributed by atoms with van der Waals surface area (Å²) in [6.07, 6.45) is -1.94. The molecule has 0 aromatic rings. The maximum absolute atomic E-state index is 11.9. The molecule has 0 spiro atoms. The Morgan fingerprint density at radius 2 is 1.88 bits per heavy atom. The molecule has 1 N–H and O–H groups in total. The third-order valence-electron chi connectivity index (χ3n) is 3.08. The van der Waals surface area contributed by atoms with Crippen LogP contribution in [-0.4, -0.2) is 43.8 Å². The second kappa shape index (κ2) is 7.21. The lowest BCUT2D eigenvalue weighted by molar-refractivity contribution is -0.135. The van der Waals surface area contributed by atoms with Crippen LogP contribution in [0.15, 0.2) is 0 Å². The second-order valence-electron chi connectivity index (χ2n) is 5.04. The van der Waals surface area contributed by atoms with E-state index in [1.54, 1.807) is 0 Å². The van der Waals surface area contributed by atoms with Gasteiger partial charge in [-0.05, 0) is 51.4 Å². The molecule has 2 nitrogen and oxygen atoms in total. The Morgan fingerprint density at radius 3 is 2.47 bits per heavy atom. The molecule has 0 aliphatic carbocycles. The number of halogens is 3. The van der Waals surface area contributed by atoms with Gasteiger partial charge in [0.25, 0.3) is 0 Å². The van der Waals surface area contributed by atoms with Gasteiger partial charge >= 0.3 is 6.18 Å². The molecule has 1 aliphatic rings. The van der Waals surface area contributed by atoms with Crippen LogP contribution in [0.1, 0.15) is 32.6 Å². The Morgan fingerprint density at radius 1 is 1.24 bits per heavy atom. The molecule has 102 valence electrons. The molecule has 17 heavy (non-hydrogen) atoms. The molecule has 1 fully saturated rings. The zero-order valence-electron chi connectivity index (χ0n) is 10.5. The van der Waals surface area contributed by atoms with Crippen molar-refractivity contribution in [2.75, 3.05) is 32.7 Å². The number of hydrogen-bond donors (Lipinski definition) is 1. The first-order valence-corrected chi connectivity index (χ1v) is 6.47. The van der Waals surface area contributed by atoms with E-state index < -0.39 is 12.6 Å². The highest BCUT2D eigenvalue weighted by Gasteiger charge is 2.25. The fourth-order valence-electron chi connectivity index (χ4n) is 2.23. The highest BCUT2D eigenvalue weighted by molar-refractivity contribution is 4.70. The number of nitrogens with one attached hydrogen (secondary N) is 1. The van der Waals surface area contributed by atoms with Crippen LogP contribution in [0.4, 0.5) is 13.2 Å². The van der Waals surface area contributed by atoms with Crippen molar-refractivity contribution in [1.82, 2.24) is 10.2 Å². The van der Waals surface area contributed by atoms with E-state index in [4.69, 9.17) is 0 Å². The van der Waals surface area contributed by atoms with E-state index in [1.807, 2.05) is 0 Å². The van der Waals surface area contributed by atoms with E-state index in [1.165, 1.54) is 25.9 Å². The first-order valence-electron chi connectivity index (χ1n) is 6.47. The summed E-state index contributed by atoms with van der Waals surface area (Å²) >= 11 is 0. The third-order valence-corrected chi connectivity index (χ3v) is 3.08. The largest absolute Gasteiger partial charge is 0.389 e. The second-order valence-corrected chi connectivity index (χ2v) is 5.04. The van der Waals surface area contributed by atoms with Crippen molar-refractivity contribution in [2.24, 2.45) is 5.92 Å². The van der Waals surface area contributed by atoms with Crippen molar-refractivity contribution in [1.29, 1.82) is 0 Å². The van der Waals surface area contributed by atoms with E-state index in [9.17, 15) is 13.2 Å². The molecule has 1 saturated heterocycles. The molecule has 0 amide bonds. The quantitative estimate of drug-likeness (QED) is 0.701. The molecule has 1 heterocycles. The highest BCUT2D eigenvalue weighted by atomic mass is 19.4. The molecule has 0 bridgehead atoms. The van der Waals surface area contributed by atoms with Crippen LogP contribution >= 0.6 is 0 Å². The minimum absolute atomic E-state index is 0.180. The standard InChI is InChI=1S/C12H23F3N2/c1-11(10-17-7-2-3-8-17)9-16-6-4-5-12(13,14)15/h11,16H,2-10H2,1H3. The Bertz CT molecular complexity index is 200. The van der Waals surface area contributed by atoms with Gasteiger partial charge in [-0.2, -0.15) is 13.2 Å². The van der Waals surface area contributed by atoms with Gasteiger partial charge in [0.1, 0.15) is 0 Å². The summed E-state index contributed by atoms with van der Waals surface area (Å²) in [7, 11) is 0. The lowest BCUT2D eigenvalue weighted by atomic mass is 10.1. The van der Waals surface area contributed by atoms with E-state index in [0.29, 0.717) is 12.5 Å². The highest BCUT2D eigenvalue weighted by Crippen LogP contribution is 2.20. The molecule has 0 aromatic heterocycles. The van der Waals surface area contributed by atoms with Crippen LogP contribution < -0.4 is 5.32 Å². The third kappa shape index (κ3) is 7.60. The SMILES string of the molecule is CC(CNCCCC(F)(F)F)CN1CCCC1. The summed E-state index contributed by atoms with van der Waals surface area (Å²) in [5, 5.41) is 3.11. The summed E-state index contributed by atoms with van der Waals surface area (Å²) in [6.45, 7) is 6.84.